The predicted octanol–water partition coefficient (Wildman–Crippen LogP) is 0.416. The Morgan fingerprint density at radius 3 is 2.95 bits per heavy atom. The lowest BCUT2D eigenvalue weighted by Gasteiger charge is -2.29. The third kappa shape index (κ3) is 4.33. The normalized spacial score (nSPS) is 18.2. The van der Waals surface area contributed by atoms with Gasteiger partial charge in [-0.05, 0) is 12.8 Å². The largest absolute Gasteiger partial charge is 0.379 e. The molecule has 1 atom stereocenters. The number of amides is 1. The second kappa shape index (κ2) is 6.68. The highest BCUT2D eigenvalue weighted by Crippen LogP contribution is 2.03. The summed E-state index contributed by atoms with van der Waals surface area (Å²) in [6.45, 7) is 9.24. The van der Waals surface area contributed by atoms with E-state index in [-0.39, 0.29) is 5.91 Å². The maximum Gasteiger partial charge on any atom is 0.269 e. The number of carbonyl (C=O) groups excluding carboxylic acids is 1. The van der Waals surface area contributed by atoms with Crippen LogP contribution >= 0.6 is 0 Å². The molecular formula is C13H22N4O2. The Labute approximate surface area is 113 Å². The van der Waals surface area contributed by atoms with Crippen molar-refractivity contribution in [2.45, 2.75) is 13.8 Å². The van der Waals surface area contributed by atoms with Crippen LogP contribution in [0.5, 0.6) is 0 Å². The number of nitrogens with one attached hydrogen (secondary N) is 2. The smallest absolute Gasteiger partial charge is 0.269 e. The number of aryl methyl sites for hydroxylation is 1. The van der Waals surface area contributed by atoms with E-state index in [0.29, 0.717) is 18.2 Å². The summed E-state index contributed by atoms with van der Waals surface area (Å²) < 4.78 is 5.32. The number of carbonyl (C=O) groups is 1. The monoisotopic (exact) mass is 266 g/mol. The molecule has 1 aliphatic heterocycles. The van der Waals surface area contributed by atoms with Gasteiger partial charge in [-0.1, -0.05) is 6.92 Å². The second-order valence-electron chi connectivity index (χ2n) is 5.11. The Bertz CT molecular complexity index is 413. The lowest BCUT2D eigenvalue weighted by molar-refractivity contribution is 0.0317. The number of morpholine rings is 1. The first-order valence-electron chi connectivity index (χ1n) is 6.75. The van der Waals surface area contributed by atoms with Crippen LogP contribution in [0.4, 0.5) is 0 Å². The topological polar surface area (TPSA) is 70.2 Å². The number of H-pyrrole nitrogens is 1. The highest BCUT2D eigenvalue weighted by molar-refractivity contribution is 5.92. The molecule has 1 aromatic rings. The van der Waals surface area contributed by atoms with E-state index >= 15 is 0 Å². The van der Waals surface area contributed by atoms with Gasteiger partial charge >= 0.3 is 0 Å². The number of hydrogen-bond acceptors (Lipinski definition) is 4. The molecule has 0 radical (unpaired) electrons. The Morgan fingerprint density at radius 1 is 1.58 bits per heavy atom. The zero-order valence-corrected chi connectivity index (χ0v) is 11.6. The molecule has 2 heterocycles. The highest BCUT2D eigenvalue weighted by Gasteiger charge is 2.15. The fraction of sp³-hybridized carbons (Fsp3) is 0.692. The molecule has 1 amide bonds. The van der Waals surface area contributed by atoms with Gasteiger partial charge in [0.05, 0.1) is 19.4 Å². The SMILES string of the molecule is Cc1ncc(C(=O)NCC(C)CN2CCOCC2)[nH]1. The average Bonchev–Trinajstić information content (AvgIpc) is 2.84. The van der Waals surface area contributed by atoms with Gasteiger partial charge in [-0.25, -0.2) is 4.98 Å². The molecule has 1 aliphatic rings. The van der Waals surface area contributed by atoms with Gasteiger partial charge in [0.1, 0.15) is 11.5 Å². The quantitative estimate of drug-likeness (QED) is 0.810. The Morgan fingerprint density at radius 2 is 2.32 bits per heavy atom. The number of imidazole rings is 1. The predicted molar refractivity (Wildman–Crippen MR) is 72.1 cm³/mol. The van der Waals surface area contributed by atoms with Crippen molar-refractivity contribution in [2.75, 3.05) is 39.4 Å². The molecule has 2 N–H and O–H groups in total. The first kappa shape index (κ1) is 14.0. The highest BCUT2D eigenvalue weighted by atomic mass is 16.5. The van der Waals surface area contributed by atoms with Crippen LogP contribution in [0.2, 0.25) is 0 Å². The van der Waals surface area contributed by atoms with Crippen LogP contribution in [0.25, 0.3) is 0 Å². The van der Waals surface area contributed by atoms with E-state index in [2.05, 4.69) is 27.1 Å². The molecule has 0 aliphatic carbocycles. The molecule has 6 heteroatoms. The summed E-state index contributed by atoms with van der Waals surface area (Å²) in [5, 5.41) is 2.93. The molecule has 1 unspecified atom stereocenters. The molecule has 1 aromatic heterocycles. The minimum Gasteiger partial charge on any atom is -0.379 e. The molecule has 0 spiro atoms. The van der Waals surface area contributed by atoms with E-state index in [1.165, 1.54) is 0 Å². The van der Waals surface area contributed by atoms with Crippen molar-refractivity contribution in [2.24, 2.45) is 5.92 Å². The number of ether oxygens (including phenoxy) is 1. The van der Waals surface area contributed by atoms with Gasteiger partial charge in [-0.3, -0.25) is 9.69 Å². The van der Waals surface area contributed by atoms with Crippen LogP contribution in [0.1, 0.15) is 23.2 Å². The average molecular weight is 266 g/mol. The van der Waals surface area contributed by atoms with Crippen molar-refractivity contribution in [3.63, 3.8) is 0 Å². The van der Waals surface area contributed by atoms with Crippen LogP contribution in [0, 0.1) is 12.8 Å². The molecule has 19 heavy (non-hydrogen) atoms. The van der Waals surface area contributed by atoms with E-state index < -0.39 is 0 Å². The summed E-state index contributed by atoms with van der Waals surface area (Å²) in [5.41, 5.74) is 0.524. The lowest BCUT2D eigenvalue weighted by Crippen LogP contribution is -2.41. The van der Waals surface area contributed by atoms with Crippen molar-refractivity contribution in [3.8, 4) is 0 Å². The maximum atomic E-state index is 11.8. The number of rotatable bonds is 5. The molecule has 1 fully saturated rings. The van der Waals surface area contributed by atoms with Crippen LogP contribution in [-0.4, -0.2) is 60.2 Å². The van der Waals surface area contributed by atoms with Crippen molar-refractivity contribution in [1.29, 1.82) is 0 Å². The van der Waals surface area contributed by atoms with Gasteiger partial charge in [0.2, 0.25) is 0 Å². The van der Waals surface area contributed by atoms with Gasteiger partial charge in [0, 0.05) is 26.2 Å². The van der Waals surface area contributed by atoms with E-state index in [1.807, 2.05) is 6.92 Å². The molecule has 6 nitrogen and oxygen atoms in total. The fourth-order valence-electron chi connectivity index (χ4n) is 2.19. The van der Waals surface area contributed by atoms with E-state index in [4.69, 9.17) is 4.74 Å². The van der Waals surface area contributed by atoms with Crippen LogP contribution < -0.4 is 5.32 Å². The van der Waals surface area contributed by atoms with Crippen molar-refractivity contribution < 1.29 is 9.53 Å². The summed E-state index contributed by atoms with van der Waals surface area (Å²) in [5.74, 6) is 1.09. The number of aromatic amines is 1. The molecular weight excluding hydrogens is 244 g/mol. The minimum atomic E-state index is -0.0885. The third-order valence-electron chi connectivity index (χ3n) is 3.23. The third-order valence-corrected chi connectivity index (χ3v) is 3.23. The zero-order chi connectivity index (χ0) is 13.7. The summed E-state index contributed by atoms with van der Waals surface area (Å²) in [6, 6.07) is 0. The van der Waals surface area contributed by atoms with E-state index in [9.17, 15) is 4.79 Å². The summed E-state index contributed by atoms with van der Waals surface area (Å²) in [4.78, 5) is 21.2. The molecule has 106 valence electrons. The van der Waals surface area contributed by atoms with Gasteiger partial charge in [-0.2, -0.15) is 0 Å². The Hall–Kier alpha value is -1.40. The fourth-order valence-corrected chi connectivity index (χ4v) is 2.19. The van der Waals surface area contributed by atoms with E-state index in [0.717, 1.165) is 38.7 Å². The zero-order valence-electron chi connectivity index (χ0n) is 11.6. The Kier molecular flexibility index (Phi) is 4.93. The van der Waals surface area contributed by atoms with Gasteiger partial charge in [0.15, 0.2) is 0 Å². The molecule has 2 rings (SSSR count). The summed E-state index contributed by atoms with van der Waals surface area (Å²) in [7, 11) is 0. The number of hydrogen-bond donors (Lipinski definition) is 2. The van der Waals surface area contributed by atoms with Crippen molar-refractivity contribution >= 4 is 5.91 Å². The van der Waals surface area contributed by atoms with Gasteiger partial charge in [0.25, 0.3) is 5.91 Å². The minimum absolute atomic E-state index is 0.0885. The second-order valence-corrected chi connectivity index (χ2v) is 5.11. The first-order valence-corrected chi connectivity index (χ1v) is 6.75. The maximum absolute atomic E-state index is 11.8. The van der Waals surface area contributed by atoms with Crippen molar-refractivity contribution in [1.82, 2.24) is 20.2 Å². The van der Waals surface area contributed by atoms with E-state index in [1.54, 1.807) is 6.20 Å². The van der Waals surface area contributed by atoms with Crippen molar-refractivity contribution in [3.05, 3.63) is 17.7 Å². The molecule has 0 saturated carbocycles. The Balaban J connectivity index is 1.70. The molecule has 1 saturated heterocycles. The number of nitrogens with zero attached hydrogens (tertiary/aromatic N) is 2. The molecule has 0 aromatic carbocycles. The van der Waals surface area contributed by atoms with Crippen LogP contribution in [0.15, 0.2) is 6.20 Å². The lowest BCUT2D eigenvalue weighted by atomic mass is 10.1. The number of aromatic nitrogens is 2. The summed E-state index contributed by atoms with van der Waals surface area (Å²) in [6.07, 6.45) is 1.57. The standard InChI is InChI=1S/C13H22N4O2/c1-10(9-17-3-5-19-6-4-17)7-15-13(18)12-8-14-11(2)16-12/h8,10H,3-7,9H2,1-2H3,(H,14,16)(H,15,18). The van der Waals surface area contributed by atoms with Gasteiger partial charge in [-0.15, -0.1) is 0 Å². The molecule has 0 bridgehead atoms. The van der Waals surface area contributed by atoms with Gasteiger partial charge < -0.3 is 15.0 Å². The summed E-state index contributed by atoms with van der Waals surface area (Å²) >= 11 is 0. The first-order chi connectivity index (χ1) is 9.15. The van der Waals surface area contributed by atoms with Crippen LogP contribution in [-0.2, 0) is 4.74 Å². The van der Waals surface area contributed by atoms with Crippen LogP contribution in [0.3, 0.4) is 0 Å².